The van der Waals surface area contributed by atoms with Crippen LogP contribution in [-0.2, 0) is 0 Å². The van der Waals surface area contributed by atoms with Gasteiger partial charge in [0.15, 0.2) is 5.82 Å². The summed E-state index contributed by atoms with van der Waals surface area (Å²) < 4.78 is 0. The summed E-state index contributed by atoms with van der Waals surface area (Å²) in [5.74, 6) is 0.326. The Balaban J connectivity index is 2.10. The second-order valence-corrected chi connectivity index (χ2v) is 3.78. The molecule has 0 aliphatic heterocycles. The minimum absolute atomic E-state index is 0.139. The Morgan fingerprint density at radius 2 is 2.18 bits per heavy atom. The van der Waals surface area contributed by atoms with Gasteiger partial charge < -0.3 is 5.32 Å². The fraction of sp³-hybridized carbons (Fsp3) is 0.273. The van der Waals surface area contributed by atoms with Crippen molar-refractivity contribution < 1.29 is 4.79 Å². The summed E-state index contributed by atoms with van der Waals surface area (Å²) >= 11 is 0. The van der Waals surface area contributed by atoms with Crippen molar-refractivity contribution in [2.45, 2.75) is 19.9 Å². The van der Waals surface area contributed by atoms with E-state index in [-0.39, 0.29) is 11.9 Å². The van der Waals surface area contributed by atoms with Gasteiger partial charge >= 0.3 is 0 Å². The van der Waals surface area contributed by atoms with Gasteiger partial charge in [-0.25, -0.2) is 0 Å². The van der Waals surface area contributed by atoms with Crippen molar-refractivity contribution in [3.63, 3.8) is 0 Å². The van der Waals surface area contributed by atoms with E-state index in [2.05, 4.69) is 25.9 Å². The summed E-state index contributed by atoms with van der Waals surface area (Å²) in [6.45, 7) is 3.70. The number of hydrogen-bond acceptors (Lipinski definition) is 4. The molecule has 0 bridgehead atoms. The Morgan fingerprint density at radius 1 is 1.41 bits per heavy atom. The van der Waals surface area contributed by atoms with Crippen LogP contribution in [0.4, 0.5) is 0 Å². The number of hydrogen-bond donors (Lipinski definition) is 2. The third kappa shape index (κ3) is 2.47. The molecule has 1 unspecified atom stereocenters. The zero-order valence-electron chi connectivity index (χ0n) is 9.64. The molecule has 88 valence electrons. The van der Waals surface area contributed by atoms with Crippen LogP contribution in [-0.4, -0.2) is 26.5 Å². The van der Waals surface area contributed by atoms with Gasteiger partial charge in [-0.3, -0.25) is 4.79 Å². The molecular weight excluding hydrogens is 218 g/mol. The van der Waals surface area contributed by atoms with Crippen molar-refractivity contribution >= 4 is 5.91 Å². The maximum absolute atomic E-state index is 12.0. The first-order valence-electron chi connectivity index (χ1n) is 5.28. The molecule has 0 radical (unpaired) electrons. The molecule has 2 N–H and O–H groups in total. The minimum Gasteiger partial charge on any atom is -0.342 e. The number of nitrogens with zero attached hydrogens (tertiary/aromatic N) is 3. The molecule has 1 atom stereocenters. The average Bonchev–Trinajstić information content (AvgIpc) is 2.82. The van der Waals surface area contributed by atoms with Gasteiger partial charge in [0.2, 0.25) is 0 Å². The highest BCUT2D eigenvalue weighted by atomic mass is 16.1. The Bertz CT molecular complexity index is 508. The molecule has 1 aromatic carbocycles. The van der Waals surface area contributed by atoms with E-state index in [0.29, 0.717) is 11.4 Å². The predicted octanol–water partition coefficient (Wildman–Crippen LogP) is 0.999. The molecule has 17 heavy (non-hydrogen) atoms. The van der Waals surface area contributed by atoms with Gasteiger partial charge in [-0.1, -0.05) is 23.4 Å². The Labute approximate surface area is 98.4 Å². The van der Waals surface area contributed by atoms with Gasteiger partial charge in [0.05, 0.1) is 6.04 Å². The molecule has 0 aliphatic carbocycles. The minimum atomic E-state index is -0.277. The van der Waals surface area contributed by atoms with Crippen molar-refractivity contribution in [1.29, 1.82) is 0 Å². The summed E-state index contributed by atoms with van der Waals surface area (Å²) in [6, 6.07) is 7.14. The second-order valence-electron chi connectivity index (χ2n) is 3.78. The van der Waals surface area contributed by atoms with Crippen molar-refractivity contribution in [2.24, 2.45) is 0 Å². The SMILES string of the molecule is Cc1ccccc1C(=O)NC(C)c1nn[nH]n1. The van der Waals surface area contributed by atoms with Gasteiger partial charge in [0.1, 0.15) is 0 Å². The van der Waals surface area contributed by atoms with Gasteiger partial charge in [0, 0.05) is 5.56 Å². The Kier molecular flexibility index (Phi) is 3.13. The molecule has 1 amide bonds. The van der Waals surface area contributed by atoms with E-state index in [1.807, 2.05) is 25.1 Å². The molecule has 1 aromatic heterocycles. The summed E-state index contributed by atoms with van der Waals surface area (Å²) in [6.07, 6.45) is 0. The predicted molar refractivity (Wildman–Crippen MR) is 61.2 cm³/mol. The number of nitrogens with one attached hydrogen (secondary N) is 2. The first kappa shape index (κ1) is 11.3. The van der Waals surface area contributed by atoms with Crippen LogP contribution in [0.15, 0.2) is 24.3 Å². The van der Waals surface area contributed by atoms with E-state index in [9.17, 15) is 4.79 Å². The molecule has 0 fully saturated rings. The summed E-state index contributed by atoms with van der Waals surface area (Å²) in [5, 5.41) is 16.3. The van der Waals surface area contributed by atoms with Crippen LogP contribution in [0.25, 0.3) is 0 Å². The van der Waals surface area contributed by atoms with Gasteiger partial charge in [-0.15, -0.1) is 10.2 Å². The zero-order valence-corrected chi connectivity index (χ0v) is 9.64. The smallest absolute Gasteiger partial charge is 0.252 e. The third-order valence-corrected chi connectivity index (χ3v) is 2.49. The lowest BCUT2D eigenvalue weighted by molar-refractivity contribution is 0.0937. The van der Waals surface area contributed by atoms with Crippen LogP contribution in [0.2, 0.25) is 0 Å². The van der Waals surface area contributed by atoms with E-state index in [4.69, 9.17) is 0 Å². The highest BCUT2D eigenvalue weighted by Gasteiger charge is 2.15. The van der Waals surface area contributed by atoms with Crippen LogP contribution in [0.3, 0.4) is 0 Å². The van der Waals surface area contributed by atoms with E-state index in [0.717, 1.165) is 5.56 Å². The number of carbonyl (C=O) groups excluding carboxylic acids is 1. The number of tetrazole rings is 1. The first-order chi connectivity index (χ1) is 8.18. The van der Waals surface area contributed by atoms with E-state index in [1.54, 1.807) is 13.0 Å². The van der Waals surface area contributed by atoms with E-state index < -0.39 is 0 Å². The van der Waals surface area contributed by atoms with Crippen molar-refractivity contribution in [3.8, 4) is 0 Å². The maximum atomic E-state index is 12.0. The molecule has 0 saturated carbocycles. The molecule has 0 spiro atoms. The second kappa shape index (κ2) is 4.73. The molecule has 1 heterocycles. The lowest BCUT2D eigenvalue weighted by atomic mass is 10.1. The molecule has 0 aliphatic rings. The molecule has 0 saturated heterocycles. The van der Waals surface area contributed by atoms with Crippen LogP contribution in [0.1, 0.15) is 34.7 Å². The third-order valence-electron chi connectivity index (χ3n) is 2.49. The highest BCUT2D eigenvalue weighted by Crippen LogP contribution is 2.10. The molecule has 6 heteroatoms. The van der Waals surface area contributed by atoms with Crippen LogP contribution in [0.5, 0.6) is 0 Å². The summed E-state index contributed by atoms with van der Waals surface area (Å²) in [5.41, 5.74) is 1.59. The van der Waals surface area contributed by atoms with Gasteiger partial charge in [-0.05, 0) is 25.5 Å². The van der Waals surface area contributed by atoms with Gasteiger partial charge in [-0.2, -0.15) is 5.21 Å². The number of aromatic nitrogens is 4. The topological polar surface area (TPSA) is 83.6 Å². The number of benzene rings is 1. The van der Waals surface area contributed by atoms with Crippen molar-refractivity contribution in [1.82, 2.24) is 25.9 Å². The summed E-state index contributed by atoms with van der Waals surface area (Å²) in [4.78, 5) is 12.0. The standard InChI is InChI=1S/C11H13N5O/c1-7-5-3-4-6-9(7)11(17)12-8(2)10-13-15-16-14-10/h3-6,8H,1-2H3,(H,12,17)(H,13,14,15,16). The largest absolute Gasteiger partial charge is 0.342 e. The fourth-order valence-electron chi connectivity index (χ4n) is 1.52. The lowest BCUT2D eigenvalue weighted by Crippen LogP contribution is -2.28. The maximum Gasteiger partial charge on any atom is 0.252 e. The lowest BCUT2D eigenvalue weighted by Gasteiger charge is -2.11. The Hall–Kier alpha value is -2.24. The van der Waals surface area contributed by atoms with Gasteiger partial charge in [0.25, 0.3) is 5.91 Å². The fourth-order valence-corrected chi connectivity index (χ4v) is 1.52. The van der Waals surface area contributed by atoms with Crippen molar-refractivity contribution in [3.05, 3.63) is 41.2 Å². The highest BCUT2D eigenvalue weighted by molar-refractivity contribution is 5.95. The average molecular weight is 231 g/mol. The number of rotatable bonds is 3. The number of H-pyrrole nitrogens is 1. The molecule has 2 rings (SSSR count). The zero-order chi connectivity index (χ0) is 12.3. The molecule has 6 nitrogen and oxygen atoms in total. The van der Waals surface area contributed by atoms with Crippen LogP contribution in [0, 0.1) is 6.92 Å². The van der Waals surface area contributed by atoms with Crippen LogP contribution < -0.4 is 5.32 Å². The number of amides is 1. The van der Waals surface area contributed by atoms with E-state index in [1.165, 1.54) is 0 Å². The monoisotopic (exact) mass is 231 g/mol. The summed E-state index contributed by atoms with van der Waals surface area (Å²) in [7, 11) is 0. The Morgan fingerprint density at radius 3 is 2.82 bits per heavy atom. The number of aromatic amines is 1. The molecular formula is C11H13N5O. The molecule has 2 aromatic rings. The van der Waals surface area contributed by atoms with Crippen LogP contribution >= 0.6 is 0 Å². The quantitative estimate of drug-likeness (QED) is 0.825. The number of aryl methyl sites for hydroxylation is 1. The normalized spacial score (nSPS) is 12.1. The first-order valence-corrected chi connectivity index (χ1v) is 5.28. The number of carbonyl (C=O) groups is 1. The van der Waals surface area contributed by atoms with E-state index >= 15 is 0 Å². The van der Waals surface area contributed by atoms with Crippen molar-refractivity contribution in [2.75, 3.05) is 0 Å².